The Labute approximate surface area is 124 Å². The van der Waals surface area contributed by atoms with Crippen molar-refractivity contribution in [1.82, 2.24) is 10.2 Å². The monoisotopic (exact) mass is 278 g/mol. The molecular weight excluding hydrogens is 248 g/mol. The summed E-state index contributed by atoms with van der Waals surface area (Å²) in [6.45, 7) is 8.66. The first-order valence-electron chi connectivity index (χ1n) is 7.48. The van der Waals surface area contributed by atoms with Gasteiger partial charge in [0.1, 0.15) is 5.75 Å². The van der Waals surface area contributed by atoms with Gasteiger partial charge in [-0.15, -0.1) is 0 Å². The first-order valence-corrected chi connectivity index (χ1v) is 7.48. The second-order valence-corrected chi connectivity index (χ2v) is 6.07. The van der Waals surface area contributed by atoms with Crippen LogP contribution in [0.1, 0.15) is 38.3 Å². The molecular formula is C17H30N2O. The highest BCUT2D eigenvalue weighted by atomic mass is 16.5. The summed E-state index contributed by atoms with van der Waals surface area (Å²) in [5.41, 5.74) is 2.56. The van der Waals surface area contributed by atoms with Crippen LogP contribution in [0.25, 0.3) is 0 Å². The van der Waals surface area contributed by atoms with Crippen LogP contribution in [0.3, 0.4) is 0 Å². The quantitative estimate of drug-likeness (QED) is 0.790. The van der Waals surface area contributed by atoms with E-state index in [2.05, 4.69) is 56.2 Å². The Balaban J connectivity index is 2.80. The van der Waals surface area contributed by atoms with Crippen molar-refractivity contribution in [1.29, 1.82) is 0 Å². The molecule has 1 aromatic carbocycles. The zero-order valence-corrected chi connectivity index (χ0v) is 13.9. The van der Waals surface area contributed by atoms with E-state index in [-0.39, 0.29) is 0 Å². The second kappa shape index (κ2) is 8.28. The predicted molar refractivity (Wildman–Crippen MR) is 86.1 cm³/mol. The Morgan fingerprint density at radius 2 is 1.95 bits per heavy atom. The van der Waals surface area contributed by atoms with E-state index < -0.39 is 0 Å². The van der Waals surface area contributed by atoms with Gasteiger partial charge in [-0.2, -0.15) is 0 Å². The summed E-state index contributed by atoms with van der Waals surface area (Å²) in [7, 11) is 5.91. The van der Waals surface area contributed by atoms with Gasteiger partial charge in [0.15, 0.2) is 0 Å². The number of hydrogen-bond acceptors (Lipinski definition) is 3. The second-order valence-electron chi connectivity index (χ2n) is 6.07. The van der Waals surface area contributed by atoms with Crippen molar-refractivity contribution < 1.29 is 4.74 Å². The highest BCUT2D eigenvalue weighted by molar-refractivity contribution is 5.37. The van der Waals surface area contributed by atoms with Crippen LogP contribution in [-0.2, 0) is 13.1 Å². The molecule has 1 atom stereocenters. The maximum absolute atomic E-state index is 5.49. The Kier molecular flexibility index (Phi) is 7.03. The van der Waals surface area contributed by atoms with Crippen LogP contribution in [0.4, 0.5) is 0 Å². The van der Waals surface area contributed by atoms with E-state index in [1.807, 2.05) is 7.05 Å². The minimum atomic E-state index is 0.577. The lowest BCUT2D eigenvalue weighted by Crippen LogP contribution is -2.30. The summed E-state index contributed by atoms with van der Waals surface area (Å²) < 4.78 is 5.49. The van der Waals surface area contributed by atoms with Gasteiger partial charge in [-0.3, -0.25) is 4.90 Å². The third-order valence-electron chi connectivity index (χ3n) is 3.71. The summed E-state index contributed by atoms with van der Waals surface area (Å²) in [5.74, 6) is 1.71. The first kappa shape index (κ1) is 17.0. The van der Waals surface area contributed by atoms with E-state index >= 15 is 0 Å². The summed E-state index contributed by atoms with van der Waals surface area (Å²) in [5, 5.41) is 3.20. The summed E-state index contributed by atoms with van der Waals surface area (Å²) in [6.07, 6.45) is 1.22. The van der Waals surface area contributed by atoms with Crippen LogP contribution in [0.5, 0.6) is 5.75 Å². The van der Waals surface area contributed by atoms with Crippen LogP contribution in [0.2, 0.25) is 0 Å². The van der Waals surface area contributed by atoms with Crippen molar-refractivity contribution in [3.05, 3.63) is 29.3 Å². The third kappa shape index (κ3) is 5.14. The molecule has 0 saturated carbocycles. The summed E-state index contributed by atoms with van der Waals surface area (Å²) in [6, 6.07) is 7.01. The van der Waals surface area contributed by atoms with Crippen molar-refractivity contribution in [2.45, 2.75) is 46.3 Å². The Hall–Kier alpha value is -1.06. The fraction of sp³-hybridized carbons (Fsp3) is 0.647. The van der Waals surface area contributed by atoms with Crippen LogP contribution in [0.15, 0.2) is 18.2 Å². The van der Waals surface area contributed by atoms with E-state index in [9.17, 15) is 0 Å². The van der Waals surface area contributed by atoms with Gasteiger partial charge < -0.3 is 10.1 Å². The molecule has 0 aliphatic heterocycles. The number of benzene rings is 1. The number of ether oxygens (including phenoxy) is 1. The van der Waals surface area contributed by atoms with E-state index in [4.69, 9.17) is 4.74 Å². The van der Waals surface area contributed by atoms with Crippen molar-refractivity contribution in [2.24, 2.45) is 5.92 Å². The first-order chi connectivity index (χ1) is 9.47. The lowest BCUT2D eigenvalue weighted by Gasteiger charge is -2.27. The molecule has 0 heterocycles. The smallest absolute Gasteiger partial charge is 0.123 e. The predicted octanol–water partition coefficient (Wildman–Crippen LogP) is 3.28. The van der Waals surface area contributed by atoms with Crippen LogP contribution in [-0.4, -0.2) is 32.1 Å². The molecule has 0 saturated heterocycles. The molecule has 114 valence electrons. The van der Waals surface area contributed by atoms with Crippen LogP contribution < -0.4 is 10.1 Å². The SMILES string of the molecule is CNCc1ccc(OC)c(CN(C)C(C)CC(C)C)c1. The molecule has 0 amide bonds. The van der Waals surface area contributed by atoms with Crippen molar-refractivity contribution in [2.75, 3.05) is 21.2 Å². The van der Waals surface area contributed by atoms with Gasteiger partial charge in [0, 0.05) is 24.7 Å². The third-order valence-corrected chi connectivity index (χ3v) is 3.71. The zero-order chi connectivity index (χ0) is 15.1. The molecule has 1 rings (SSSR count). The normalized spacial score (nSPS) is 13.0. The van der Waals surface area contributed by atoms with E-state index in [0.29, 0.717) is 6.04 Å². The number of nitrogens with zero attached hydrogens (tertiary/aromatic N) is 1. The van der Waals surface area contributed by atoms with Crippen molar-refractivity contribution in [3.8, 4) is 5.75 Å². The maximum Gasteiger partial charge on any atom is 0.123 e. The van der Waals surface area contributed by atoms with Gasteiger partial charge >= 0.3 is 0 Å². The number of rotatable bonds is 8. The Bertz CT molecular complexity index is 404. The van der Waals surface area contributed by atoms with E-state index in [0.717, 1.165) is 24.8 Å². The highest BCUT2D eigenvalue weighted by Gasteiger charge is 2.14. The Morgan fingerprint density at radius 1 is 1.25 bits per heavy atom. The highest BCUT2D eigenvalue weighted by Crippen LogP contribution is 2.23. The standard InChI is InChI=1S/C17H30N2O/c1-13(2)9-14(3)19(5)12-16-10-15(11-18-4)7-8-17(16)20-6/h7-8,10,13-14,18H,9,11-12H2,1-6H3. The van der Waals surface area contributed by atoms with Gasteiger partial charge in [0.25, 0.3) is 0 Å². The molecule has 0 aromatic heterocycles. The average Bonchev–Trinajstić information content (AvgIpc) is 2.38. The molecule has 20 heavy (non-hydrogen) atoms. The maximum atomic E-state index is 5.49. The minimum Gasteiger partial charge on any atom is -0.496 e. The van der Waals surface area contributed by atoms with Gasteiger partial charge in [0.2, 0.25) is 0 Å². The van der Waals surface area contributed by atoms with Gasteiger partial charge in [0.05, 0.1) is 7.11 Å². The zero-order valence-electron chi connectivity index (χ0n) is 13.9. The number of methoxy groups -OCH3 is 1. The minimum absolute atomic E-state index is 0.577. The average molecular weight is 278 g/mol. The molecule has 0 fully saturated rings. The van der Waals surface area contributed by atoms with E-state index in [1.54, 1.807) is 7.11 Å². The fourth-order valence-electron chi connectivity index (χ4n) is 2.56. The molecule has 0 spiro atoms. The summed E-state index contributed by atoms with van der Waals surface area (Å²) >= 11 is 0. The molecule has 3 heteroatoms. The molecule has 0 radical (unpaired) electrons. The molecule has 1 N–H and O–H groups in total. The lowest BCUT2D eigenvalue weighted by atomic mass is 10.0. The topological polar surface area (TPSA) is 24.5 Å². The van der Waals surface area contributed by atoms with Crippen molar-refractivity contribution >= 4 is 0 Å². The molecule has 3 nitrogen and oxygen atoms in total. The van der Waals surface area contributed by atoms with Crippen LogP contribution >= 0.6 is 0 Å². The number of hydrogen-bond donors (Lipinski definition) is 1. The van der Waals surface area contributed by atoms with Crippen molar-refractivity contribution in [3.63, 3.8) is 0 Å². The lowest BCUT2D eigenvalue weighted by molar-refractivity contribution is 0.218. The molecule has 0 bridgehead atoms. The molecule has 1 aromatic rings. The molecule has 0 aliphatic rings. The largest absolute Gasteiger partial charge is 0.496 e. The number of nitrogens with one attached hydrogen (secondary N) is 1. The van der Waals surface area contributed by atoms with E-state index in [1.165, 1.54) is 17.5 Å². The Morgan fingerprint density at radius 3 is 2.50 bits per heavy atom. The van der Waals surface area contributed by atoms with Crippen LogP contribution in [0, 0.1) is 5.92 Å². The summed E-state index contributed by atoms with van der Waals surface area (Å²) in [4.78, 5) is 2.40. The van der Waals surface area contributed by atoms with Gasteiger partial charge in [-0.1, -0.05) is 19.9 Å². The molecule has 0 aliphatic carbocycles. The fourth-order valence-corrected chi connectivity index (χ4v) is 2.56. The van der Waals surface area contributed by atoms with Gasteiger partial charge in [-0.25, -0.2) is 0 Å². The molecule has 1 unspecified atom stereocenters. The van der Waals surface area contributed by atoms with Gasteiger partial charge in [-0.05, 0) is 51.1 Å².